The van der Waals surface area contributed by atoms with Crippen LogP contribution in [0.3, 0.4) is 0 Å². The van der Waals surface area contributed by atoms with E-state index in [0.717, 1.165) is 62.7 Å². The summed E-state index contributed by atoms with van der Waals surface area (Å²) in [6.45, 7) is 7.36. The van der Waals surface area contributed by atoms with E-state index in [-0.39, 0.29) is 34.9 Å². The predicted molar refractivity (Wildman–Crippen MR) is 147 cm³/mol. The molecule has 0 bridgehead atoms. The number of methoxy groups -OCH3 is 1. The molecule has 11 atom stereocenters. The van der Waals surface area contributed by atoms with Crippen LogP contribution in [0.15, 0.2) is 24.3 Å². The van der Waals surface area contributed by atoms with Crippen molar-refractivity contribution in [3.05, 3.63) is 29.8 Å². The number of ether oxygens (including phenoxy) is 1. The Hall–Kier alpha value is -1.63. The van der Waals surface area contributed by atoms with Crippen LogP contribution < -0.4 is 10.1 Å². The van der Waals surface area contributed by atoms with E-state index in [2.05, 4.69) is 26.1 Å². The molecule has 0 saturated heterocycles. The van der Waals surface area contributed by atoms with Crippen molar-refractivity contribution in [2.45, 2.75) is 103 Å². The zero-order valence-electron chi connectivity index (χ0n) is 23.7. The normalized spacial score (nSPS) is 42.9. The Bertz CT molecular complexity index is 1000. The molecular formula is C32H49NO5. The number of nitrogens with one attached hydrogen (secondary N) is 1. The third-order valence-electron chi connectivity index (χ3n) is 12.0. The molecule has 4 fully saturated rings. The molecule has 0 aromatic heterocycles. The van der Waals surface area contributed by atoms with Crippen molar-refractivity contribution in [3.63, 3.8) is 0 Å². The Morgan fingerprint density at radius 2 is 1.84 bits per heavy atom. The maximum atomic E-state index is 12.7. The molecule has 0 aliphatic heterocycles. The van der Waals surface area contributed by atoms with Gasteiger partial charge in [0.1, 0.15) is 5.75 Å². The fraction of sp³-hybridized carbons (Fsp3) is 0.781. The van der Waals surface area contributed by atoms with Crippen LogP contribution in [0.4, 0.5) is 0 Å². The van der Waals surface area contributed by atoms with Gasteiger partial charge in [0, 0.05) is 18.5 Å². The maximum Gasteiger partial charge on any atom is 0.220 e. The Balaban J connectivity index is 1.23. The highest BCUT2D eigenvalue weighted by Gasteiger charge is 2.65. The summed E-state index contributed by atoms with van der Waals surface area (Å²) in [5.74, 6) is 2.68. The standard InChI is InChI=1S/C32H49NO5/c1-19(9-12-29(37)33-18-20-7-5-6-8-27(20)38-4)23-10-11-24-30-25(17-28(36)32(23,24)3)31(2)14-13-22(34)15-21(31)16-26(30)35/h5-8,19,21-26,28,30,34-36H,9-18H2,1-4H3,(H,33,37)/t19-,21+,22-,23-,24+,25+,26-,28+,30+,31+,32-/m1/s1. The quantitative estimate of drug-likeness (QED) is 0.412. The van der Waals surface area contributed by atoms with Crippen molar-refractivity contribution in [1.29, 1.82) is 0 Å². The molecule has 1 amide bonds. The van der Waals surface area contributed by atoms with E-state index in [1.807, 2.05) is 24.3 Å². The van der Waals surface area contributed by atoms with Gasteiger partial charge in [-0.3, -0.25) is 4.79 Å². The van der Waals surface area contributed by atoms with Crippen LogP contribution in [-0.2, 0) is 11.3 Å². The molecule has 6 heteroatoms. The van der Waals surface area contributed by atoms with Gasteiger partial charge < -0.3 is 25.4 Å². The topological polar surface area (TPSA) is 99.0 Å². The van der Waals surface area contributed by atoms with E-state index in [1.165, 1.54) is 0 Å². The van der Waals surface area contributed by atoms with Crippen LogP contribution in [-0.4, -0.2) is 46.6 Å². The number of amides is 1. The van der Waals surface area contributed by atoms with Gasteiger partial charge >= 0.3 is 0 Å². The Morgan fingerprint density at radius 3 is 2.61 bits per heavy atom. The molecule has 1 aromatic rings. The number of fused-ring (bicyclic) bond motifs is 5. The first-order chi connectivity index (χ1) is 18.1. The second-order valence-corrected chi connectivity index (χ2v) is 13.6. The Kier molecular flexibility index (Phi) is 7.89. The first-order valence-electron chi connectivity index (χ1n) is 15.0. The minimum atomic E-state index is -0.391. The average molecular weight is 528 g/mol. The first kappa shape index (κ1) is 27.9. The smallest absolute Gasteiger partial charge is 0.220 e. The Morgan fingerprint density at radius 1 is 1.08 bits per heavy atom. The number of aliphatic hydroxyl groups is 3. The average Bonchev–Trinajstić information content (AvgIpc) is 3.26. The zero-order valence-corrected chi connectivity index (χ0v) is 23.7. The highest BCUT2D eigenvalue weighted by molar-refractivity contribution is 5.75. The number of hydrogen-bond donors (Lipinski definition) is 4. The van der Waals surface area contributed by atoms with E-state index >= 15 is 0 Å². The van der Waals surface area contributed by atoms with Gasteiger partial charge in [0.05, 0.1) is 25.4 Å². The molecule has 4 aliphatic rings. The van der Waals surface area contributed by atoms with Gasteiger partial charge in [-0.1, -0.05) is 39.0 Å². The van der Waals surface area contributed by atoms with Crippen LogP contribution >= 0.6 is 0 Å². The molecule has 4 saturated carbocycles. The van der Waals surface area contributed by atoms with Gasteiger partial charge in [-0.25, -0.2) is 0 Å². The molecule has 0 unspecified atom stereocenters. The van der Waals surface area contributed by atoms with Gasteiger partial charge in [-0.05, 0) is 104 Å². The number of carbonyl (C=O) groups excluding carboxylic acids is 1. The fourth-order valence-corrected chi connectivity index (χ4v) is 9.82. The van der Waals surface area contributed by atoms with Crippen LogP contribution in [0, 0.1) is 46.3 Å². The summed E-state index contributed by atoms with van der Waals surface area (Å²) in [6.07, 6.45) is 6.52. The van der Waals surface area contributed by atoms with E-state index in [1.54, 1.807) is 7.11 Å². The second kappa shape index (κ2) is 10.7. The van der Waals surface area contributed by atoms with Gasteiger partial charge in [-0.2, -0.15) is 0 Å². The fourth-order valence-electron chi connectivity index (χ4n) is 9.82. The minimum Gasteiger partial charge on any atom is -0.496 e. The molecule has 4 aliphatic carbocycles. The van der Waals surface area contributed by atoms with Crippen molar-refractivity contribution in [3.8, 4) is 5.75 Å². The maximum absolute atomic E-state index is 12.7. The summed E-state index contributed by atoms with van der Waals surface area (Å²) in [7, 11) is 1.64. The predicted octanol–water partition coefficient (Wildman–Crippen LogP) is 4.69. The number of aliphatic hydroxyl groups excluding tert-OH is 3. The minimum absolute atomic E-state index is 0.0490. The summed E-state index contributed by atoms with van der Waals surface area (Å²) >= 11 is 0. The van der Waals surface area contributed by atoms with Gasteiger partial charge in [0.15, 0.2) is 0 Å². The summed E-state index contributed by atoms with van der Waals surface area (Å²) in [5.41, 5.74) is 0.832. The van der Waals surface area contributed by atoms with Crippen molar-refractivity contribution in [2.24, 2.45) is 46.3 Å². The summed E-state index contributed by atoms with van der Waals surface area (Å²) < 4.78 is 5.40. The van der Waals surface area contributed by atoms with Crippen molar-refractivity contribution in [2.75, 3.05) is 7.11 Å². The third kappa shape index (κ3) is 4.69. The first-order valence-corrected chi connectivity index (χ1v) is 15.0. The molecule has 212 valence electrons. The molecule has 0 spiro atoms. The number of hydrogen-bond acceptors (Lipinski definition) is 5. The summed E-state index contributed by atoms with van der Waals surface area (Å²) in [4.78, 5) is 12.7. The lowest BCUT2D eigenvalue weighted by molar-refractivity contribution is -0.207. The molecule has 6 nitrogen and oxygen atoms in total. The molecule has 5 rings (SSSR count). The van der Waals surface area contributed by atoms with Gasteiger partial charge in [-0.15, -0.1) is 0 Å². The lowest BCUT2D eigenvalue weighted by Crippen LogP contribution is -2.62. The number of rotatable bonds is 7. The lowest BCUT2D eigenvalue weighted by atomic mass is 9.43. The highest BCUT2D eigenvalue weighted by Crippen LogP contribution is 2.68. The zero-order chi connectivity index (χ0) is 27.2. The third-order valence-corrected chi connectivity index (χ3v) is 12.0. The highest BCUT2D eigenvalue weighted by atomic mass is 16.5. The van der Waals surface area contributed by atoms with Gasteiger partial charge in [0.25, 0.3) is 0 Å². The SMILES string of the molecule is COc1ccccc1CNC(=O)CC[C@@H](C)[C@H]1CC[C@H]2[C@@H]3[C@H](O)C[C@@H]4C[C@H](O)CC[C@]4(C)[C@H]3C[C@H](O)[C@]12C. The van der Waals surface area contributed by atoms with Crippen LogP contribution in [0.5, 0.6) is 5.75 Å². The monoisotopic (exact) mass is 527 g/mol. The number of carbonyl (C=O) groups is 1. The Labute approximate surface area is 228 Å². The van der Waals surface area contributed by atoms with E-state index in [9.17, 15) is 20.1 Å². The van der Waals surface area contributed by atoms with E-state index in [0.29, 0.717) is 42.6 Å². The molecular weight excluding hydrogens is 478 g/mol. The molecule has 1 aromatic carbocycles. The van der Waals surface area contributed by atoms with Crippen molar-refractivity contribution in [1.82, 2.24) is 5.32 Å². The van der Waals surface area contributed by atoms with E-state index < -0.39 is 6.10 Å². The van der Waals surface area contributed by atoms with Crippen LogP contribution in [0.25, 0.3) is 0 Å². The second-order valence-electron chi connectivity index (χ2n) is 13.6. The molecule has 38 heavy (non-hydrogen) atoms. The lowest BCUT2D eigenvalue weighted by Gasteiger charge is -2.63. The van der Waals surface area contributed by atoms with Crippen molar-refractivity contribution < 1.29 is 24.9 Å². The van der Waals surface area contributed by atoms with Crippen molar-refractivity contribution >= 4 is 5.91 Å². The molecule has 0 radical (unpaired) electrons. The summed E-state index contributed by atoms with van der Waals surface area (Å²) in [6, 6.07) is 7.75. The largest absolute Gasteiger partial charge is 0.496 e. The molecule has 0 heterocycles. The van der Waals surface area contributed by atoms with E-state index in [4.69, 9.17) is 4.74 Å². The number of para-hydroxylation sites is 1. The van der Waals surface area contributed by atoms with Crippen LogP contribution in [0.1, 0.15) is 84.1 Å². The summed E-state index contributed by atoms with van der Waals surface area (Å²) in [5, 5.41) is 36.6. The van der Waals surface area contributed by atoms with Gasteiger partial charge in [0.2, 0.25) is 5.91 Å². The molecule has 4 N–H and O–H groups in total. The number of benzene rings is 1. The van der Waals surface area contributed by atoms with Crippen LogP contribution in [0.2, 0.25) is 0 Å².